The van der Waals surface area contributed by atoms with E-state index in [0.29, 0.717) is 0 Å². The minimum absolute atomic E-state index is 0.0257. The summed E-state index contributed by atoms with van der Waals surface area (Å²) in [7, 11) is -4.17. The number of hydrogen-bond acceptors (Lipinski definition) is 11. The van der Waals surface area contributed by atoms with Crippen LogP contribution in [0.25, 0.3) is 0 Å². The Morgan fingerprint density at radius 1 is 1.42 bits per heavy atom. The summed E-state index contributed by atoms with van der Waals surface area (Å²) >= 11 is 0. The Balaban J connectivity index is 2.12. The van der Waals surface area contributed by atoms with Gasteiger partial charge in [0, 0.05) is 12.6 Å². The summed E-state index contributed by atoms with van der Waals surface area (Å²) in [5.41, 5.74) is -1.56. The van der Waals surface area contributed by atoms with Crippen molar-refractivity contribution in [2.45, 2.75) is 31.5 Å². The fraction of sp³-hybridized carbons (Fsp3) is 0.600. The Hall–Kier alpha value is -1.41. The standard InChI is InChI=1S/C10H17N4O9P/c11-22-24(19,23-12)20-4-7-6(16)1-8(21-7)14-2-5(3-15)9(17)13-10(14)18/h2,6-8,15-16H,1,3-4,11-12H2,(H,13,17,18)/t6-,7-,8-/m1/s1. The molecule has 136 valence electrons. The molecule has 3 atom stereocenters. The van der Waals surface area contributed by atoms with Crippen molar-refractivity contribution in [3.8, 4) is 0 Å². The van der Waals surface area contributed by atoms with Crippen LogP contribution in [-0.2, 0) is 29.7 Å². The number of phosphoric acid groups is 1. The van der Waals surface area contributed by atoms with Gasteiger partial charge in [0.2, 0.25) is 0 Å². The molecule has 0 aliphatic carbocycles. The van der Waals surface area contributed by atoms with Gasteiger partial charge in [0.1, 0.15) is 12.3 Å². The number of nitrogens with two attached hydrogens (primary N) is 2. The molecule has 0 bridgehead atoms. The highest BCUT2D eigenvalue weighted by molar-refractivity contribution is 7.48. The van der Waals surface area contributed by atoms with Crippen molar-refractivity contribution in [1.82, 2.24) is 9.55 Å². The van der Waals surface area contributed by atoms with Crippen LogP contribution in [0.4, 0.5) is 0 Å². The highest BCUT2D eigenvalue weighted by Crippen LogP contribution is 2.46. The van der Waals surface area contributed by atoms with E-state index in [9.17, 15) is 19.3 Å². The van der Waals surface area contributed by atoms with Gasteiger partial charge in [-0.15, -0.1) is 0 Å². The van der Waals surface area contributed by atoms with Crippen LogP contribution in [0.3, 0.4) is 0 Å². The minimum Gasteiger partial charge on any atom is -0.391 e. The Morgan fingerprint density at radius 2 is 2.08 bits per heavy atom. The van der Waals surface area contributed by atoms with Crippen LogP contribution >= 0.6 is 7.82 Å². The van der Waals surface area contributed by atoms with Gasteiger partial charge in [0.05, 0.1) is 24.9 Å². The maximum Gasteiger partial charge on any atom is 0.507 e. The zero-order valence-electron chi connectivity index (χ0n) is 12.2. The Bertz CT molecular complexity index is 726. The minimum atomic E-state index is -4.17. The summed E-state index contributed by atoms with van der Waals surface area (Å²) in [6.45, 7) is -1.03. The molecular weight excluding hydrogens is 351 g/mol. The van der Waals surface area contributed by atoms with Gasteiger partial charge in [-0.05, 0) is 0 Å². The molecule has 1 fully saturated rings. The molecule has 14 heteroatoms. The second-order valence-electron chi connectivity index (χ2n) is 4.87. The molecule has 1 aromatic heterocycles. The highest BCUT2D eigenvalue weighted by atomic mass is 31.2. The topological polar surface area (TPSA) is 201 Å². The van der Waals surface area contributed by atoms with Crippen LogP contribution in [-0.4, -0.2) is 38.6 Å². The molecule has 13 nitrogen and oxygen atoms in total. The Kier molecular flexibility index (Phi) is 6.03. The lowest BCUT2D eigenvalue weighted by molar-refractivity contribution is -0.0484. The monoisotopic (exact) mass is 368 g/mol. The molecule has 0 aromatic carbocycles. The van der Waals surface area contributed by atoms with E-state index in [2.05, 4.69) is 9.25 Å². The number of aromatic amines is 1. The molecule has 0 amide bonds. The molecular formula is C10H17N4O9P. The summed E-state index contributed by atoms with van der Waals surface area (Å²) in [5, 5.41) is 19.0. The van der Waals surface area contributed by atoms with Gasteiger partial charge in [0.15, 0.2) is 0 Å². The van der Waals surface area contributed by atoms with Crippen molar-refractivity contribution in [3.05, 3.63) is 32.6 Å². The van der Waals surface area contributed by atoms with Crippen molar-refractivity contribution in [3.63, 3.8) is 0 Å². The van der Waals surface area contributed by atoms with Gasteiger partial charge < -0.3 is 14.9 Å². The maximum absolute atomic E-state index is 11.8. The van der Waals surface area contributed by atoms with Crippen LogP contribution in [0.5, 0.6) is 0 Å². The quantitative estimate of drug-likeness (QED) is 0.253. The fourth-order valence-electron chi connectivity index (χ4n) is 2.14. The van der Waals surface area contributed by atoms with Gasteiger partial charge in [0.25, 0.3) is 5.56 Å². The summed E-state index contributed by atoms with van der Waals surface area (Å²) in [5.74, 6) is 9.44. The van der Waals surface area contributed by atoms with Gasteiger partial charge >= 0.3 is 13.5 Å². The second kappa shape index (κ2) is 7.65. The smallest absolute Gasteiger partial charge is 0.391 e. The van der Waals surface area contributed by atoms with Gasteiger partial charge in [-0.2, -0.15) is 9.25 Å². The second-order valence-corrected chi connectivity index (χ2v) is 6.44. The van der Waals surface area contributed by atoms with Crippen molar-refractivity contribution in [1.29, 1.82) is 0 Å². The van der Waals surface area contributed by atoms with E-state index in [-0.39, 0.29) is 12.0 Å². The van der Waals surface area contributed by atoms with Crippen molar-refractivity contribution < 1.29 is 33.3 Å². The number of nitrogens with one attached hydrogen (secondary N) is 1. The fourth-order valence-corrected chi connectivity index (χ4v) is 2.64. The van der Waals surface area contributed by atoms with E-state index in [1.54, 1.807) is 0 Å². The van der Waals surface area contributed by atoms with Crippen LogP contribution in [0.1, 0.15) is 18.2 Å². The average Bonchev–Trinajstić information content (AvgIpc) is 2.93. The predicted octanol–water partition coefficient (Wildman–Crippen LogP) is -2.42. The van der Waals surface area contributed by atoms with E-state index in [0.717, 1.165) is 10.8 Å². The van der Waals surface area contributed by atoms with Crippen LogP contribution in [0.2, 0.25) is 0 Å². The number of hydrogen-bond donors (Lipinski definition) is 5. The predicted molar refractivity (Wildman–Crippen MR) is 75.9 cm³/mol. The third-order valence-corrected chi connectivity index (χ3v) is 4.36. The van der Waals surface area contributed by atoms with E-state index in [4.69, 9.17) is 26.2 Å². The first kappa shape index (κ1) is 18.9. The van der Waals surface area contributed by atoms with Crippen molar-refractivity contribution in [2.24, 2.45) is 11.8 Å². The summed E-state index contributed by atoms with van der Waals surface area (Å²) < 4.78 is 30.7. The molecule has 24 heavy (non-hydrogen) atoms. The first-order chi connectivity index (χ1) is 11.3. The molecule has 1 aliphatic rings. The molecule has 2 rings (SSSR count). The van der Waals surface area contributed by atoms with E-state index >= 15 is 0 Å². The maximum atomic E-state index is 11.8. The summed E-state index contributed by atoms with van der Waals surface area (Å²) in [4.78, 5) is 25.3. The number of aromatic nitrogens is 2. The SMILES string of the molecule is NOP(=O)(ON)OC[C@H]1O[C@@H](n2cc(CO)c(=O)[nH]c2=O)C[C@H]1O. The van der Waals surface area contributed by atoms with Gasteiger partial charge in [-0.1, -0.05) is 0 Å². The van der Waals surface area contributed by atoms with Crippen molar-refractivity contribution in [2.75, 3.05) is 6.61 Å². The molecule has 1 saturated heterocycles. The Labute approximate surface area is 134 Å². The largest absolute Gasteiger partial charge is 0.507 e. The molecule has 1 aromatic rings. The lowest BCUT2D eigenvalue weighted by atomic mass is 10.2. The number of nitrogens with zero attached hydrogens (tertiary/aromatic N) is 1. The van der Waals surface area contributed by atoms with E-state index < -0.39 is 50.7 Å². The van der Waals surface area contributed by atoms with E-state index in [1.165, 1.54) is 0 Å². The zero-order chi connectivity index (χ0) is 17.9. The van der Waals surface area contributed by atoms with E-state index in [1.807, 2.05) is 4.98 Å². The molecule has 0 saturated carbocycles. The van der Waals surface area contributed by atoms with Crippen LogP contribution < -0.4 is 23.0 Å². The van der Waals surface area contributed by atoms with Gasteiger partial charge in [-0.25, -0.2) is 21.2 Å². The number of ether oxygens (including phenoxy) is 1. The molecule has 7 N–H and O–H groups in total. The highest BCUT2D eigenvalue weighted by Gasteiger charge is 2.38. The van der Waals surface area contributed by atoms with Gasteiger partial charge in [-0.3, -0.25) is 18.9 Å². The first-order valence-electron chi connectivity index (χ1n) is 6.63. The average molecular weight is 368 g/mol. The third kappa shape index (κ3) is 3.97. The van der Waals surface area contributed by atoms with Crippen LogP contribution in [0, 0.1) is 0 Å². The third-order valence-electron chi connectivity index (χ3n) is 3.38. The van der Waals surface area contributed by atoms with Crippen LogP contribution in [0.15, 0.2) is 15.8 Å². The summed E-state index contributed by atoms with van der Waals surface area (Å²) in [6.07, 6.45) is -1.93. The lowest BCUT2D eigenvalue weighted by Gasteiger charge is -2.18. The molecule has 0 unspecified atom stereocenters. The normalized spacial score (nSPS) is 24.4. The number of aliphatic hydroxyl groups excluding tert-OH is 2. The van der Waals surface area contributed by atoms with Crippen molar-refractivity contribution >= 4 is 7.82 Å². The Morgan fingerprint density at radius 3 is 2.67 bits per heavy atom. The molecule has 0 radical (unpaired) electrons. The number of aliphatic hydroxyl groups is 2. The zero-order valence-corrected chi connectivity index (χ0v) is 13.1. The number of rotatable bonds is 7. The lowest BCUT2D eigenvalue weighted by Crippen LogP contribution is -2.34. The molecule has 0 spiro atoms. The summed E-state index contributed by atoms with van der Waals surface area (Å²) in [6, 6.07) is 0. The first-order valence-corrected chi connectivity index (χ1v) is 8.10. The molecule has 1 aliphatic heterocycles. The molecule has 2 heterocycles. The number of H-pyrrole nitrogens is 1.